The number of nitrogens with one attached hydrogen (secondary N) is 1. The Morgan fingerprint density at radius 2 is 2.00 bits per heavy atom. The Kier molecular flexibility index (Phi) is 4.48. The number of carbonyl (C=O) groups is 1. The number of ether oxygens (including phenoxy) is 1. The zero-order valence-electron chi connectivity index (χ0n) is 12.3. The van der Waals surface area contributed by atoms with E-state index in [4.69, 9.17) is 16.3 Å². The number of sulfonamides is 1. The standard InChI is InChI=1S/C14H15ClN2O4S/c1-9-4-5-11(21-3)7-13(9)22(19,20)16-14(18)12-6-10(15)8-17(12)2/h4-8H,1-3H3,(H,16,18). The van der Waals surface area contributed by atoms with Gasteiger partial charge in [-0.15, -0.1) is 0 Å². The van der Waals surface area contributed by atoms with E-state index in [1.54, 1.807) is 26.1 Å². The number of aryl methyl sites for hydroxylation is 2. The van der Waals surface area contributed by atoms with E-state index in [9.17, 15) is 13.2 Å². The summed E-state index contributed by atoms with van der Waals surface area (Å²) in [5, 5.41) is 0.350. The molecule has 0 aliphatic rings. The van der Waals surface area contributed by atoms with Crippen LogP contribution in [0.4, 0.5) is 0 Å². The average Bonchev–Trinajstić information content (AvgIpc) is 2.77. The number of aromatic nitrogens is 1. The molecule has 1 heterocycles. The fourth-order valence-electron chi connectivity index (χ4n) is 1.98. The molecular weight excluding hydrogens is 328 g/mol. The van der Waals surface area contributed by atoms with Crippen LogP contribution in [0.1, 0.15) is 16.1 Å². The monoisotopic (exact) mass is 342 g/mol. The predicted octanol–water partition coefficient (Wildman–Crippen LogP) is 2.11. The smallest absolute Gasteiger partial charge is 0.281 e. The molecule has 0 aliphatic heterocycles. The van der Waals surface area contributed by atoms with Crippen molar-refractivity contribution in [1.29, 1.82) is 0 Å². The first-order valence-corrected chi connectivity index (χ1v) is 8.14. The number of methoxy groups -OCH3 is 1. The highest BCUT2D eigenvalue weighted by Crippen LogP contribution is 2.22. The van der Waals surface area contributed by atoms with Crippen LogP contribution in [-0.2, 0) is 17.1 Å². The lowest BCUT2D eigenvalue weighted by molar-refractivity contribution is 0.0973. The fraction of sp³-hybridized carbons (Fsp3) is 0.214. The number of carbonyl (C=O) groups excluding carboxylic acids is 1. The lowest BCUT2D eigenvalue weighted by Crippen LogP contribution is -2.32. The van der Waals surface area contributed by atoms with Gasteiger partial charge in [-0.1, -0.05) is 17.7 Å². The van der Waals surface area contributed by atoms with Crippen LogP contribution in [0, 0.1) is 6.92 Å². The number of rotatable bonds is 4. The van der Waals surface area contributed by atoms with Crippen LogP contribution in [0.15, 0.2) is 35.4 Å². The van der Waals surface area contributed by atoms with Crippen LogP contribution in [0.3, 0.4) is 0 Å². The second-order valence-corrected chi connectivity index (χ2v) is 6.81. The lowest BCUT2D eigenvalue weighted by atomic mass is 10.2. The number of halogens is 1. The second-order valence-electron chi connectivity index (χ2n) is 4.72. The van der Waals surface area contributed by atoms with Gasteiger partial charge in [0.1, 0.15) is 11.4 Å². The number of benzene rings is 1. The molecule has 118 valence electrons. The predicted molar refractivity (Wildman–Crippen MR) is 82.8 cm³/mol. The van der Waals surface area contributed by atoms with E-state index in [0.29, 0.717) is 16.3 Å². The maximum atomic E-state index is 12.4. The van der Waals surface area contributed by atoms with Gasteiger partial charge in [0, 0.05) is 19.3 Å². The fourth-order valence-corrected chi connectivity index (χ4v) is 3.45. The zero-order chi connectivity index (χ0) is 16.5. The summed E-state index contributed by atoms with van der Waals surface area (Å²) in [6.07, 6.45) is 1.51. The molecule has 2 rings (SSSR count). The molecule has 0 bridgehead atoms. The summed E-state index contributed by atoms with van der Waals surface area (Å²) >= 11 is 5.80. The molecule has 1 aromatic carbocycles. The summed E-state index contributed by atoms with van der Waals surface area (Å²) in [6.45, 7) is 1.64. The molecule has 22 heavy (non-hydrogen) atoms. The van der Waals surface area contributed by atoms with Gasteiger partial charge in [0.2, 0.25) is 0 Å². The number of amides is 1. The zero-order valence-corrected chi connectivity index (χ0v) is 13.8. The van der Waals surface area contributed by atoms with Gasteiger partial charge in [0.05, 0.1) is 17.0 Å². The first-order chi connectivity index (χ1) is 10.2. The van der Waals surface area contributed by atoms with E-state index < -0.39 is 15.9 Å². The minimum atomic E-state index is -4.01. The van der Waals surface area contributed by atoms with Gasteiger partial charge in [-0.2, -0.15) is 0 Å². The van der Waals surface area contributed by atoms with Gasteiger partial charge in [0.15, 0.2) is 0 Å². The Morgan fingerprint density at radius 3 is 2.55 bits per heavy atom. The number of nitrogens with zero attached hydrogens (tertiary/aromatic N) is 1. The Labute approximate surface area is 133 Å². The molecule has 6 nitrogen and oxygen atoms in total. The first kappa shape index (κ1) is 16.4. The molecule has 0 atom stereocenters. The Morgan fingerprint density at radius 1 is 1.32 bits per heavy atom. The third-order valence-electron chi connectivity index (χ3n) is 3.12. The topological polar surface area (TPSA) is 77.4 Å². The summed E-state index contributed by atoms with van der Waals surface area (Å²) in [6, 6.07) is 6.01. The molecule has 1 N–H and O–H groups in total. The Balaban J connectivity index is 2.36. The second kappa shape index (κ2) is 6.02. The van der Waals surface area contributed by atoms with Gasteiger partial charge in [0.25, 0.3) is 15.9 Å². The van der Waals surface area contributed by atoms with Crippen molar-refractivity contribution < 1.29 is 17.9 Å². The van der Waals surface area contributed by atoms with Crippen LogP contribution in [-0.4, -0.2) is 26.0 Å². The maximum Gasteiger partial charge on any atom is 0.281 e. The summed E-state index contributed by atoms with van der Waals surface area (Å²) in [5.41, 5.74) is 0.653. The van der Waals surface area contributed by atoms with E-state index in [1.165, 1.54) is 30.0 Å². The molecule has 0 saturated heterocycles. The van der Waals surface area contributed by atoms with Crippen molar-refractivity contribution in [2.24, 2.45) is 7.05 Å². The largest absolute Gasteiger partial charge is 0.497 e. The van der Waals surface area contributed by atoms with Gasteiger partial charge < -0.3 is 9.30 Å². The van der Waals surface area contributed by atoms with Crippen LogP contribution >= 0.6 is 11.6 Å². The van der Waals surface area contributed by atoms with Crippen LogP contribution in [0.5, 0.6) is 5.75 Å². The van der Waals surface area contributed by atoms with Crippen molar-refractivity contribution in [1.82, 2.24) is 9.29 Å². The highest BCUT2D eigenvalue weighted by Gasteiger charge is 2.23. The number of hydrogen-bond donors (Lipinski definition) is 1. The maximum absolute atomic E-state index is 12.4. The highest BCUT2D eigenvalue weighted by molar-refractivity contribution is 7.90. The minimum Gasteiger partial charge on any atom is -0.497 e. The highest BCUT2D eigenvalue weighted by atomic mass is 35.5. The normalized spacial score (nSPS) is 11.3. The van der Waals surface area contributed by atoms with E-state index in [0.717, 1.165) is 0 Å². The molecule has 0 saturated carbocycles. The molecule has 0 spiro atoms. The van der Waals surface area contributed by atoms with E-state index >= 15 is 0 Å². The third kappa shape index (κ3) is 3.26. The molecular formula is C14H15ClN2O4S. The van der Waals surface area contributed by atoms with E-state index in [-0.39, 0.29) is 10.6 Å². The Bertz CT molecular complexity index is 827. The average molecular weight is 343 g/mol. The van der Waals surface area contributed by atoms with E-state index in [1.807, 2.05) is 4.72 Å². The van der Waals surface area contributed by atoms with Gasteiger partial charge >= 0.3 is 0 Å². The number of hydrogen-bond acceptors (Lipinski definition) is 4. The summed E-state index contributed by atoms with van der Waals surface area (Å²) in [4.78, 5) is 12.1. The van der Waals surface area contributed by atoms with Crippen molar-refractivity contribution in [2.75, 3.05) is 7.11 Å². The van der Waals surface area contributed by atoms with Gasteiger partial charge in [-0.3, -0.25) is 4.79 Å². The van der Waals surface area contributed by atoms with Crippen molar-refractivity contribution in [3.8, 4) is 5.75 Å². The molecule has 0 unspecified atom stereocenters. The van der Waals surface area contributed by atoms with Crippen LogP contribution in [0.2, 0.25) is 5.02 Å². The summed E-state index contributed by atoms with van der Waals surface area (Å²) in [5.74, 6) is -0.364. The molecule has 1 amide bonds. The van der Waals surface area contributed by atoms with Crippen LogP contribution in [0.25, 0.3) is 0 Å². The van der Waals surface area contributed by atoms with Gasteiger partial charge in [-0.05, 0) is 24.6 Å². The summed E-state index contributed by atoms with van der Waals surface area (Å²) < 4.78 is 33.3. The van der Waals surface area contributed by atoms with Crippen LogP contribution < -0.4 is 9.46 Å². The lowest BCUT2D eigenvalue weighted by Gasteiger charge is -2.11. The van der Waals surface area contributed by atoms with Crippen molar-refractivity contribution >= 4 is 27.5 Å². The molecule has 0 radical (unpaired) electrons. The SMILES string of the molecule is COc1ccc(C)c(S(=O)(=O)NC(=O)c2cc(Cl)cn2C)c1. The molecule has 1 aromatic heterocycles. The molecule has 2 aromatic rings. The molecule has 8 heteroatoms. The minimum absolute atomic E-state index is 0.0134. The summed E-state index contributed by atoms with van der Waals surface area (Å²) in [7, 11) is -0.977. The van der Waals surface area contributed by atoms with Crippen molar-refractivity contribution in [3.05, 3.63) is 46.7 Å². The van der Waals surface area contributed by atoms with Crippen molar-refractivity contribution in [2.45, 2.75) is 11.8 Å². The van der Waals surface area contributed by atoms with Gasteiger partial charge in [-0.25, -0.2) is 13.1 Å². The Hall–Kier alpha value is -1.99. The third-order valence-corrected chi connectivity index (χ3v) is 4.80. The first-order valence-electron chi connectivity index (χ1n) is 6.28. The molecule has 0 fully saturated rings. The quantitative estimate of drug-likeness (QED) is 0.923. The molecule has 0 aliphatic carbocycles. The van der Waals surface area contributed by atoms with Crippen molar-refractivity contribution in [3.63, 3.8) is 0 Å². The van der Waals surface area contributed by atoms with E-state index in [2.05, 4.69) is 0 Å².